The maximum absolute atomic E-state index is 10.1. The molecule has 0 spiro atoms. The highest BCUT2D eigenvalue weighted by Gasteiger charge is 2.18. The van der Waals surface area contributed by atoms with Crippen LogP contribution < -0.4 is 0 Å². The van der Waals surface area contributed by atoms with Crippen molar-refractivity contribution in [2.75, 3.05) is 0 Å². The molecule has 0 aliphatic carbocycles. The van der Waals surface area contributed by atoms with E-state index < -0.39 is 5.97 Å². The Kier molecular flexibility index (Phi) is 3.79. The monoisotopic (exact) mass is 220 g/mol. The van der Waals surface area contributed by atoms with Gasteiger partial charge in [0.2, 0.25) is 0 Å². The van der Waals surface area contributed by atoms with Gasteiger partial charge in [0.15, 0.2) is 0 Å². The van der Waals surface area contributed by atoms with Crippen molar-refractivity contribution in [2.24, 2.45) is 5.41 Å². The minimum atomic E-state index is -0.904. The quantitative estimate of drug-likeness (QED) is 0.574. The van der Waals surface area contributed by atoms with E-state index in [4.69, 9.17) is 5.11 Å². The lowest BCUT2D eigenvalue weighted by molar-refractivity contribution is -0.131. The van der Waals surface area contributed by atoms with Crippen LogP contribution in [0.15, 0.2) is 12.2 Å². The number of carbonyl (C=O) groups is 1. The predicted octanol–water partition coefficient (Wildman–Crippen LogP) is 2.44. The first kappa shape index (κ1) is 10.7. The Morgan fingerprint density at radius 2 is 2.00 bits per heavy atom. The molecule has 0 radical (unpaired) electrons. The summed E-state index contributed by atoms with van der Waals surface area (Å²) in [6.07, 6.45) is 2.80. The smallest absolute Gasteiger partial charge is 0.328 e. The highest BCUT2D eigenvalue weighted by atomic mass is 79.9. The molecule has 0 amide bonds. The molecule has 0 bridgehead atoms. The average Bonchev–Trinajstić information content (AvgIpc) is 1.80. The molecule has 0 saturated heterocycles. The van der Waals surface area contributed by atoms with Crippen molar-refractivity contribution < 1.29 is 9.90 Å². The molecule has 0 rings (SSSR count). The van der Waals surface area contributed by atoms with E-state index in [-0.39, 0.29) is 10.2 Å². The molecule has 0 saturated carbocycles. The number of rotatable bonds is 2. The van der Waals surface area contributed by atoms with Crippen LogP contribution in [0.5, 0.6) is 0 Å². The maximum Gasteiger partial charge on any atom is 0.328 e. The maximum atomic E-state index is 10.1. The van der Waals surface area contributed by atoms with Crippen molar-refractivity contribution in [1.82, 2.24) is 0 Å². The molecule has 0 fully saturated rings. The summed E-state index contributed by atoms with van der Waals surface area (Å²) < 4.78 is 0. The lowest BCUT2D eigenvalue weighted by Crippen LogP contribution is -2.17. The number of allylic oxidation sites excluding steroid dienone is 1. The molecule has 0 heterocycles. The van der Waals surface area contributed by atoms with Gasteiger partial charge in [-0.15, -0.1) is 0 Å². The van der Waals surface area contributed by atoms with Crippen molar-refractivity contribution in [1.29, 1.82) is 0 Å². The second-order valence-electron chi connectivity index (χ2n) is 3.47. The van der Waals surface area contributed by atoms with Crippen molar-refractivity contribution >= 4 is 21.9 Å². The van der Waals surface area contributed by atoms with Gasteiger partial charge < -0.3 is 5.11 Å². The Balaban J connectivity index is 4.07. The number of halogens is 1. The van der Waals surface area contributed by atoms with Crippen LogP contribution in [-0.2, 0) is 4.79 Å². The van der Waals surface area contributed by atoms with E-state index in [1.807, 2.05) is 20.8 Å². The zero-order valence-electron chi connectivity index (χ0n) is 6.97. The number of aliphatic carboxylic acids is 1. The summed E-state index contributed by atoms with van der Waals surface area (Å²) in [4.78, 5) is 10.2. The van der Waals surface area contributed by atoms with E-state index in [1.165, 1.54) is 0 Å². The van der Waals surface area contributed by atoms with Gasteiger partial charge in [-0.25, -0.2) is 4.79 Å². The lowest BCUT2D eigenvalue weighted by Gasteiger charge is -2.21. The van der Waals surface area contributed by atoms with E-state index in [2.05, 4.69) is 15.9 Å². The highest BCUT2D eigenvalue weighted by Crippen LogP contribution is 2.26. The molecule has 0 aromatic heterocycles. The van der Waals surface area contributed by atoms with Gasteiger partial charge in [-0.05, 0) is 5.41 Å². The Morgan fingerprint density at radius 3 is 2.27 bits per heavy atom. The summed E-state index contributed by atoms with van der Waals surface area (Å²) in [7, 11) is 0. The topological polar surface area (TPSA) is 37.3 Å². The van der Waals surface area contributed by atoms with Crippen molar-refractivity contribution in [3.63, 3.8) is 0 Å². The third-order valence-corrected chi connectivity index (χ3v) is 2.91. The van der Waals surface area contributed by atoms with Crippen LogP contribution in [0.1, 0.15) is 20.8 Å². The first-order valence-corrected chi connectivity index (χ1v) is 4.31. The van der Waals surface area contributed by atoms with Gasteiger partial charge in [0, 0.05) is 10.9 Å². The molecule has 2 nitrogen and oxygen atoms in total. The molecule has 1 N–H and O–H groups in total. The van der Waals surface area contributed by atoms with Crippen LogP contribution in [0.3, 0.4) is 0 Å². The van der Waals surface area contributed by atoms with Crippen LogP contribution in [0.4, 0.5) is 0 Å². The highest BCUT2D eigenvalue weighted by molar-refractivity contribution is 9.09. The van der Waals surface area contributed by atoms with Gasteiger partial charge in [0.25, 0.3) is 0 Å². The number of carboxylic acids is 1. The van der Waals surface area contributed by atoms with Gasteiger partial charge in [0.1, 0.15) is 0 Å². The van der Waals surface area contributed by atoms with Gasteiger partial charge in [-0.2, -0.15) is 0 Å². The van der Waals surface area contributed by atoms with Crippen LogP contribution in [0.25, 0.3) is 0 Å². The van der Waals surface area contributed by atoms with E-state index in [1.54, 1.807) is 6.08 Å². The molecule has 1 atom stereocenters. The Hall–Kier alpha value is -0.310. The number of hydrogen-bond donors (Lipinski definition) is 1. The van der Waals surface area contributed by atoms with Crippen LogP contribution >= 0.6 is 15.9 Å². The van der Waals surface area contributed by atoms with E-state index in [9.17, 15) is 4.79 Å². The molecular weight excluding hydrogens is 208 g/mol. The second-order valence-corrected chi connectivity index (χ2v) is 4.45. The number of carboxylic acid groups (broad SMARTS) is 1. The Morgan fingerprint density at radius 1 is 1.55 bits per heavy atom. The van der Waals surface area contributed by atoms with E-state index >= 15 is 0 Å². The normalized spacial score (nSPS) is 15.3. The summed E-state index contributed by atoms with van der Waals surface area (Å²) in [5.41, 5.74) is 0.0615. The predicted molar refractivity (Wildman–Crippen MR) is 48.9 cm³/mol. The van der Waals surface area contributed by atoms with Gasteiger partial charge >= 0.3 is 5.97 Å². The first-order chi connectivity index (χ1) is 4.84. The molecule has 0 aliphatic rings. The van der Waals surface area contributed by atoms with Crippen molar-refractivity contribution in [3.05, 3.63) is 12.2 Å². The third kappa shape index (κ3) is 5.01. The number of hydrogen-bond acceptors (Lipinski definition) is 1. The standard InChI is InChI=1S/C8H13BrO2/c1-8(2,3)6(9)4-5-7(10)11/h4-6H,1-3H3,(H,10,11)/b5-4+. The summed E-state index contributed by atoms with van der Waals surface area (Å²) in [6, 6.07) is 0. The van der Waals surface area contributed by atoms with Gasteiger partial charge in [-0.1, -0.05) is 42.8 Å². The van der Waals surface area contributed by atoms with Crippen LogP contribution in [0.2, 0.25) is 0 Å². The molecule has 0 aromatic rings. The molecule has 0 aromatic carbocycles. The van der Waals surface area contributed by atoms with E-state index in [0.29, 0.717) is 0 Å². The summed E-state index contributed by atoms with van der Waals surface area (Å²) in [6.45, 7) is 6.12. The fourth-order valence-corrected chi connectivity index (χ4v) is 0.608. The van der Waals surface area contributed by atoms with Crippen molar-refractivity contribution in [2.45, 2.75) is 25.6 Å². The average molecular weight is 221 g/mol. The van der Waals surface area contributed by atoms with Gasteiger partial charge in [-0.3, -0.25) is 0 Å². The Bertz CT molecular complexity index is 167. The molecular formula is C8H13BrO2. The largest absolute Gasteiger partial charge is 0.478 e. The number of alkyl halides is 1. The van der Waals surface area contributed by atoms with Crippen LogP contribution in [0, 0.1) is 5.41 Å². The summed E-state index contributed by atoms with van der Waals surface area (Å²) in [5, 5.41) is 8.32. The lowest BCUT2D eigenvalue weighted by atomic mass is 9.92. The fourth-order valence-electron chi connectivity index (χ4n) is 0.455. The fraction of sp³-hybridized carbons (Fsp3) is 0.625. The molecule has 3 heteroatoms. The zero-order chi connectivity index (χ0) is 9.07. The summed E-state index contributed by atoms with van der Waals surface area (Å²) in [5.74, 6) is -0.904. The van der Waals surface area contributed by atoms with Gasteiger partial charge in [0.05, 0.1) is 0 Å². The minimum absolute atomic E-state index is 0.0615. The van der Waals surface area contributed by atoms with E-state index in [0.717, 1.165) is 6.08 Å². The molecule has 0 aliphatic heterocycles. The SMILES string of the molecule is CC(C)(C)C(Br)/C=C/C(=O)O. The third-order valence-electron chi connectivity index (χ3n) is 1.24. The molecule has 64 valence electrons. The Labute approximate surface area is 75.4 Å². The van der Waals surface area contributed by atoms with Crippen LogP contribution in [-0.4, -0.2) is 15.9 Å². The minimum Gasteiger partial charge on any atom is -0.478 e. The molecule has 11 heavy (non-hydrogen) atoms. The van der Waals surface area contributed by atoms with Crippen molar-refractivity contribution in [3.8, 4) is 0 Å². The first-order valence-electron chi connectivity index (χ1n) is 3.39. The molecule has 1 unspecified atom stereocenters. The second kappa shape index (κ2) is 3.90. The summed E-state index contributed by atoms with van der Waals surface area (Å²) >= 11 is 3.38. The zero-order valence-corrected chi connectivity index (χ0v) is 8.55.